The van der Waals surface area contributed by atoms with Gasteiger partial charge < -0.3 is 14.6 Å². The zero-order valence-corrected chi connectivity index (χ0v) is 12.7. The first-order chi connectivity index (χ1) is 9.99. The number of halogens is 2. The summed E-state index contributed by atoms with van der Waals surface area (Å²) in [6.07, 6.45) is -1.18. The Bertz CT molecular complexity index is 638. The summed E-state index contributed by atoms with van der Waals surface area (Å²) in [4.78, 5) is 0. The summed E-state index contributed by atoms with van der Waals surface area (Å²) < 4.78 is 24.4. The van der Waals surface area contributed by atoms with Crippen LogP contribution in [0.4, 0.5) is 4.39 Å². The number of ether oxygens (including phenoxy) is 2. The molecule has 3 nitrogen and oxygen atoms in total. The number of aliphatic hydroxyl groups is 1. The van der Waals surface area contributed by atoms with Crippen LogP contribution in [0.15, 0.2) is 30.3 Å². The Balaban J connectivity index is 2.56. The third-order valence-corrected chi connectivity index (χ3v) is 3.67. The molecule has 1 N–H and O–H groups in total. The van der Waals surface area contributed by atoms with E-state index in [2.05, 4.69) is 0 Å². The predicted molar refractivity (Wildman–Crippen MR) is 79.8 cm³/mol. The van der Waals surface area contributed by atoms with Crippen LogP contribution in [0.3, 0.4) is 0 Å². The van der Waals surface area contributed by atoms with E-state index in [1.54, 1.807) is 25.1 Å². The number of aryl methyl sites for hydroxylation is 1. The summed E-state index contributed by atoms with van der Waals surface area (Å²) in [5, 5.41) is 10.7. The average molecular weight is 311 g/mol. The highest BCUT2D eigenvalue weighted by Crippen LogP contribution is 2.37. The maximum Gasteiger partial charge on any atom is 0.161 e. The summed E-state index contributed by atoms with van der Waals surface area (Å²) in [5.41, 5.74) is 1.31. The molecule has 21 heavy (non-hydrogen) atoms. The lowest BCUT2D eigenvalue weighted by Crippen LogP contribution is -2.06. The summed E-state index contributed by atoms with van der Waals surface area (Å²) in [6.45, 7) is 1.80. The van der Waals surface area contributed by atoms with E-state index in [9.17, 15) is 9.50 Å². The van der Waals surface area contributed by atoms with Crippen molar-refractivity contribution in [3.05, 3.63) is 57.9 Å². The normalized spacial score (nSPS) is 12.1. The van der Waals surface area contributed by atoms with Gasteiger partial charge in [0.1, 0.15) is 11.9 Å². The van der Waals surface area contributed by atoms with Crippen molar-refractivity contribution in [2.75, 3.05) is 14.2 Å². The van der Waals surface area contributed by atoms with Gasteiger partial charge in [0.25, 0.3) is 0 Å². The number of rotatable bonds is 4. The van der Waals surface area contributed by atoms with Crippen LogP contribution < -0.4 is 9.47 Å². The minimum Gasteiger partial charge on any atom is -0.493 e. The molecule has 0 aliphatic rings. The van der Waals surface area contributed by atoms with Crippen molar-refractivity contribution >= 4 is 11.6 Å². The van der Waals surface area contributed by atoms with Gasteiger partial charge in [-0.15, -0.1) is 0 Å². The van der Waals surface area contributed by atoms with E-state index in [1.807, 2.05) is 0 Å². The van der Waals surface area contributed by atoms with Gasteiger partial charge in [-0.05, 0) is 42.3 Å². The number of benzene rings is 2. The molecule has 2 aromatic rings. The topological polar surface area (TPSA) is 38.7 Å². The van der Waals surface area contributed by atoms with E-state index in [0.29, 0.717) is 17.1 Å². The van der Waals surface area contributed by atoms with Crippen molar-refractivity contribution in [3.63, 3.8) is 0 Å². The van der Waals surface area contributed by atoms with Crippen LogP contribution in [0.2, 0.25) is 5.02 Å². The van der Waals surface area contributed by atoms with Crippen LogP contribution in [-0.2, 0) is 0 Å². The molecule has 2 aromatic carbocycles. The fraction of sp³-hybridized carbons (Fsp3) is 0.250. The van der Waals surface area contributed by atoms with Crippen LogP contribution in [0, 0.1) is 12.7 Å². The van der Waals surface area contributed by atoms with Gasteiger partial charge in [-0.2, -0.15) is 0 Å². The first-order valence-corrected chi connectivity index (χ1v) is 6.71. The zero-order chi connectivity index (χ0) is 15.6. The van der Waals surface area contributed by atoms with Crippen LogP contribution in [0.5, 0.6) is 11.5 Å². The van der Waals surface area contributed by atoms with Crippen LogP contribution in [0.1, 0.15) is 22.8 Å². The smallest absolute Gasteiger partial charge is 0.161 e. The molecule has 0 saturated heterocycles. The highest BCUT2D eigenvalue weighted by Gasteiger charge is 2.22. The molecule has 1 atom stereocenters. The van der Waals surface area contributed by atoms with Crippen LogP contribution in [0.25, 0.3) is 0 Å². The van der Waals surface area contributed by atoms with Crippen molar-refractivity contribution in [2.24, 2.45) is 0 Å². The Morgan fingerprint density at radius 3 is 2.33 bits per heavy atom. The molecule has 0 fully saturated rings. The van der Waals surface area contributed by atoms with E-state index in [1.165, 1.54) is 26.4 Å². The molecule has 0 amide bonds. The molecular formula is C16H16ClFO3. The van der Waals surface area contributed by atoms with E-state index in [-0.39, 0.29) is 10.6 Å². The standard InChI is InChI=1S/C16H16ClFO3/c1-9-7-13(20-2)14(21-3)8-10(9)16(19)15-11(17)5-4-6-12(15)18/h4-8,16,19H,1-3H3. The van der Waals surface area contributed by atoms with Crippen molar-refractivity contribution < 1.29 is 19.0 Å². The van der Waals surface area contributed by atoms with Gasteiger partial charge in [-0.1, -0.05) is 17.7 Å². The van der Waals surface area contributed by atoms with E-state index >= 15 is 0 Å². The molecule has 2 rings (SSSR count). The molecule has 0 bridgehead atoms. The average Bonchev–Trinajstić information content (AvgIpc) is 2.46. The van der Waals surface area contributed by atoms with Gasteiger partial charge in [-0.25, -0.2) is 4.39 Å². The third kappa shape index (κ3) is 2.96. The first-order valence-electron chi connectivity index (χ1n) is 6.34. The highest BCUT2D eigenvalue weighted by molar-refractivity contribution is 6.31. The van der Waals surface area contributed by atoms with E-state index in [0.717, 1.165) is 5.56 Å². The lowest BCUT2D eigenvalue weighted by molar-refractivity contribution is 0.213. The Hall–Kier alpha value is -1.78. The van der Waals surface area contributed by atoms with E-state index < -0.39 is 11.9 Å². The largest absolute Gasteiger partial charge is 0.493 e. The zero-order valence-electron chi connectivity index (χ0n) is 12.0. The number of hydrogen-bond donors (Lipinski definition) is 1. The minimum absolute atomic E-state index is 0.0505. The van der Waals surface area contributed by atoms with Gasteiger partial charge in [-0.3, -0.25) is 0 Å². The van der Waals surface area contributed by atoms with Crippen molar-refractivity contribution in [3.8, 4) is 11.5 Å². The maximum atomic E-state index is 13.9. The number of methoxy groups -OCH3 is 2. The Labute approximate surface area is 127 Å². The van der Waals surface area contributed by atoms with Crippen LogP contribution >= 0.6 is 11.6 Å². The third-order valence-electron chi connectivity index (χ3n) is 3.34. The highest BCUT2D eigenvalue weighted by atomic mass is 35.5. The summed E-state index contributed by atoms with van der Waals surface area (Å²) >= 11 is 6.00. The molecule has 0 saturated carbocycles. The Kier molecular flexibility index (Phi) is 4.70. The second kappa shape index (κ2) is 6.33. The molecule has 5 heteroatoms. The van der Waals surface area contributed by atoms with Gasteiger partial charge >= 0.3 is 0 Å². The second-order valence-corrected chi connectivity index (χ2v) is 5.01. The predicted octanol–water partition coefficient (Wildman–Crippen LogP) is 3.89. The molecule has 0 aliphatic carbocycles. The molecule has 0 aromatic heterocycles. The fourth-order valence-corrected chi connectivity index (χ4v) is 2.48. The molecule has 0 heterocycles. The van der Waals surface area contributed by atoms with Crippen molar-refractivity contribution in [1.82, 2.24) is 0 Å². The summed E-state index contributed by atoms with van der Waals surface area (Å²) in [7, 11) is 3.03. The second-order valence-electron chi connectivity index (χ2n) is 4.60. The number of hydrogen-bond acceptors (Lipinski definition) is 3. The SMILES string of the molecule is COc1cc(C)c(C(O)c2c(F)cccc2Cl)cc1OC. The monoisotopic (exact) mass is 310 g/mol. The molecule has 1 unspecified atom stereocenters. The molecule has 112 valence electrons. The lowest BCUT2D eigenvalue weighted by Gasteiger charge is -2.18. The Morgan fingerprint density at radius 1 is 1.14 bits per heavy atom. The van der Waals surface area contributed by atoms with Gasteiger partial charge in [0, 0.05) is 10.6 Å². The lowest BCUT2D eigenvalue weighted by atomic mass is 9.96. The van der Waals surface area contributed by atoms with Gasteiger partial charge in [0.15, 0.2) is 11.5 Å². The van der Waals surface area contributed by atoms with Crippen molar-refractivity contribution in [1.29, 1.82) is 0 Å². The summed E-state index contributed by atoms with van der Waals surface area (Å²) in [6, 6.07) is 7.66. The Morgan fingerprint density at radius 2 is 1.76 bits per heavy atom. The maximum absolute atomic E-state index is 13.9. The molecule has 0 spiro atoms. The quantitative estimate of drug-likeness (QED) is 0.931. The van der Waals surface area contributed by atoms with Crippen molar-refractivity contribution in [2.45, 2.75) is 13.0 Å². The van der Waals surface area contributed by atoms with Gasteiger partial charge in [0.2, 0.25) is 0 Å². The van der Waals surface area contributed by atoms with E-state index in [4.69, 9.17) is 21.1 Å². The minimum atomic E-state index is -1.18. The van der Waals surface area contributed by atoms with Gasteiger partial charge in [0.05, 0.1) is 14.2 Å². The molecular weight excluding hydrogens is 295 g/mol. The van der Waals surface area contributed by atoms with Crippen LogP contribution in [-0.4, -0.2) is 19.3 Å². The number of aliphatic hydroxyl groups excluding tert-OH is 1. The fourth-order valence-electron chi connectivity index (χ4n) is 2.22. The summed E-state index contributed by atoms with van der Waals surface area (Å²) in [5.74, 6) is 0.458. The molecule has 0 radical (unpaired) electrons. The molecule has 0 aliphatic heterocycles. The first kappa shape index (κ1) is 15.6.